The van der Waals surface area contributed by atoms with E-state index in [2.05, 4.69) is 0 Å². The summed E-state index contributed by atoms with van der Waals surface area (Å²) in [5, 5.41) is 0. The van der Waals surface area contributed by atoms with Crippen LogP contribution >= 0.6 is 24.0 Å². The molecule has 1 aliphatic rings. The average molecular weight is 386 g/mol. The molecule has 0 saturated carbocycles. The Morgan fingerprint density at radius 2 is 1.81 bits per heavy atom. The molecule has 0 aromatic heterocycles. The maximum Gasteiger partial charge on any atom is 0.266 e. The molecule has 134 valence electrons. The first-order chi connectivity index (χ1) is 12.6. The molecule has 26 heavy (non-hydrogen) atoms. The van der Waals surface area contributed by atoms with Crippen LogP contribution < -0.4 is 9.47 Å². The zero-order valence-electron chi connectivity index (χ0n) is 14.6. The van der Waals surface area contributed by atoms with Gasteiger partial charge in [-0.1, -0.05) is 60.4 Å². The molecule has 1 aliphatic heterocycles. The van der Waals surface area contributed by atoms with E-state index in [4.69, 9.17) is 21.7 Å². The SMILES string of the molecule is COc1ccc(CCN2C(=O)/C(=C/c3ccccc3)SC2=S)cc1OC. The fraction of sp³-hybridized carbons (Fsp3) is 0.200. The lowest BCUT2D eigenvalue weighted by atomic mass is 10.1. The minimum atomic E-state index is -0.0377. The van der Waals surface area contributed by atoms with Crippen molar-refractivity contribution in [2.45, 2.75) is 6.42 Å². The first kappa shape index (κ1) is 18.5. The van der Waals surface area contributed by atoms with Crippen molar-refractivity contribution in [1.82, 2.24) is 4.90 Å². The van der Waals surface area contributed by atoms with Gasteiger partial charge in [0.15, 0.2) is 11.5 Å². The molecule has 4 nitrogen and oxygen atoms in total. The third-order valence-corrected chi connectivity index (χ3v) is 5.42. The Labute approximate surface area is 162 Å². The first-order valence-electron chi connectivity index (χ1n) is 8.13. The monoisotopic (exact) mass is 385 g/mol. The number of carbonyl (C=O) groups is 1. The fourth-order valence-electron chi connectivity index (χ4n) is 2.67. The van der Waals surface area contributed by atoms with Gasteiger partial charge < -0.3 is 9.47 Å². The van der Waals surface area contributed by atoms with Crippen LogP contribution in [0, 0.1) is 0 Å². The van der Waals surface area contributed by atoms with Gasteiger partial charge in [-0.2, -0.15) is 0 Å². The summed E-state index contributed by atoms with van der Waals surface area (Å²) < 4.78 is 11.2. The normalized spacial score (nSPS) is 15.6. The van der Waals surface area contributed by atoms with Gasteiger partial charge in [0, 0.05) is 6.54 Å². The number of hydrogen-bond acceptors (Lipinski definition) is 5. The Morgan fingerprint density at radius 3 is 2.50 bits per heavy atom. The van der Waals surface area contributed by atoms with E-state index < -0.39 is 0 Å². The van der Waals surface area contributed by atoms with Gasteiger partial charge in [-0.25, -0.2) is 0 Å². The zero-order chi connectivity index (χ0) is 18.5. The summed E-state index contributed by atoms with van der Waals surface area (Å²) in [6, 6.07) is 15.5. The van der Waals surface area contributed by atoms with Gasteiger partial charge in [-0.15, -0.1) is 0 Å². The van der Waals surface area contributed by atoms with Gasteiger partial charge in [0.25, 0.3) is 5.91 Å². The molecule has 0 N–H and O–H groups in total. The summed E-state index contributed by atoms with van der Waals surface area (Å²) in [5.41, 5.74) is 2.05. The van der Waals surface area contributed by atoms with Crippen LogP contribution in [-0.2, 0) is 11.2 Å². The minimum Gasteiger partial charge on any atom is -0.493 e. The van der Waals surface area contributed by atoms with Crippen molar-refractivity contribution in [3.63, 3.8) is 0 Å². The lowest BCUT2D eigenvalue weighted by molar-refractivity contribution is -0.122. The van der Waals surface area contributed by atoms with Crippen LogP contribution in [0.15, 0.2) is 53.4 Å². The molecule has 2 aromatic rings. The van der Waals surface area contributed by atoms with E-state index in [0.717, 1.165) is 11.1 Å². The van der Waals surface area contributed by atoms with Gasteiger partial charge in [-0.3, -0.25) is 9.69 Å². The number of thiocarbonyl (C=S) groups is 1. The molecule has 1 fully saturated rings. The van der Waals surface area contributed by atoms with Crippen LogP contribution in [0.3, 0.4) is 0 Å². The third kappa shape index (κ3) is 4.08. The summed E-state index contributed by atoms with van der Waals surface area (Å²) in [6.45, 7) is 0.534. The van der Waals surface area contributed by atoms with Crippen LogP contribution in [0.4, 0.5) is 0 Å². The second-order valence-electron chi connectivity index (χ2n) is 5.68. The van der Waals surface area contributed by atoms with Crippen molar-refractivity contribution < 1.29 is 14.3 Å². The molecule has 0 radical (unpaired) electrons. The number of hydrogen-bond donors (Lipinski definition) is 0. The predicted octanol–water partition coefficient (Wildman–Crippen LogP) is 4.15. The zero-order valence-corrected chi connectivity index (χ0v) is 16.2. The number of benzene rings is 2. The molecule has 0 bridgehead atoms. The third-order valence-electron chi connectivity index (χ3n) is 4.04. The lowest BCUT2D eigenvalue weighted by Gasteiger charge is -2.15. The maximum absolute atomic E-state index is 12.7. The molecule has 0 atom stereocenters. The Balaban J connectivity index is 1.70. The summed E-state index contributed by atoms with van der Waals surface area (Å²) >= 11 is 6.75. The molecular formula is C20H19NO3S2. The number of carbonyl (C=O) groups excluding carboxylic acids is 1. The highest BCUT2D eigenvalue weighted by molar-refractivity contribution is 8.26. The second kappa shape index (κ2) is 8.38. The molecule has 0 aliphatic carbocycles. The molecule has 0 spiro atoms. The van der Waals surface area contributed by atoms with Gasteiger partial charge in [0.1, 0.15) is 4.32 Å². The number of rotatable bonds is 6. The van der Waals surface area contributed by atoms with Crippen LogP contribution in [0.1, 0.15) is 11.1 Å². The van der Waals surface area contributed by atoms with Crippen LogP contribution in [0.25, 0.3) is 6.08 Å². The standard InChI is InChI=1S/C20H19NO3S2/c1-23-16-9-8-15(12-17(16)24-2)10-11-21-19(22)18(26-20(21)25)13-14-6-4-3-5-7-14/h3-9,12-13H,10-11H2,1-2H3/b18-13-. The van der Waals surface area contributed by atoms with Crippen molar-refractivity contribution in [2.24, 2.45) is 0 Å². The summed E-state index contributed by atoms with van der Waals surface area (Å²) in [7, 11) is 3.22. The Morgan fingerprint density at radius 1 is 1.08 bits per heavy atom. The highest BCUT2D eigenvalue weighted by Gasteiger charge is 2.31. The number of nitrogens with zero attached hydrogens (tertiary/aromatic N) is 1. The van der Waals surface area contributed by atoms with E-state index in [1.807, 2.05) is 54.6 Å². The lowest BCUT2D eigenvalue weighted by Crippen LogP contribution is -2.30. The molecule has 2 aromatic carbocycles. The number of thioether (sulfide) groups is 1. The quantitative estimate of drug-likeness (QED) is 0.552. The fourth-order valence-corrected chi connectivity index (χ4v) is 3.98. The van der Waals surface area contributed by atoms with Crippen LogP contribution in [0.5, 0.6) is 11.5 Å². The Bertz CT molecular complexity index is 849. The van der Waals surface area contributed by atoms with Crippen LogP contribution in [0.2, 0.25) is 0 Å². The van der Waals surface area contributed by atoms with Crippen molar-refractivity contribution in [2.75, 3.05) is 20.8 Å². The van der Waals surface area contributed by atoms with Crippen molar-refractivity contribution in [3.8, 4) is 11.5 Å². The maximum atomic E-state index is 12.7. The highest BCUT2D eigenvalue weighted by Crippen LogP contribution is 2.33. The molecule has 3 rings (SSSR count). The van der Waals surface area contributed by atoms with E-state index in [1.54, 1.807) is 19.1 Å². The number of ether oxygens (including phenoxy) is 2. The topological polar surface area (TPSA) is 38.8 Å². The van der Waals surface area contributed by atoms with Crippen molar-refractivity contribution in [1.29, 1.82) is 0 Å². The highest BCUT2D eigenvalue weighted by atomic mass is 32.2. The molecule has 1 amide bonds. The van der Waals surface area contributed by atoms with Crippen LogP contribution in [-0.4, -0.2) is 35.9 Å². The van der Waals surface area contributed by atoms with E-state index in [-0.39, 0.29) is 5.91 Å². The minimum absolute atomic E-state index is 0.0377. The van der Waals surface area contributed by atoms with Gasteiger partial charge >= 0.3 is 0 Å². The molecule has 1 saturated heterocycles. The number of amides is 1. The Kier molecular flexibility index (Phi) is 5.96. The summed E-state index contributed by atoms with van der Waals surface area (Å²) in [6.07, 6.45) is 2.57. The Hall–Kier alpha value is -2.31. The molecule has 1 heterocycles. The van der Waals surface area contributed by atoms with Crippen molar-refractivity contribution >= 4 is 40.3 Å². The van der Waals surface area contributed by atoms with Crippen molar-refractivity contribution in [3.05, 3.63) is 64.6 Å². The largest absolute Gasteiger partial charge is 0.493 e. The predicted molar refractivity (Wildman–Crippen MR) is 110 cm³/mol. The van der Waals surface area contributed by atoms with E-state index in [0.29, 0.717) is 33.7 Å². The van der Waals surface area contributed by atoms with Gasteiger partial charge in [-0.05, 0) is 35.8 Å². The second-order valence-corrected chi connectivity index (χ2v) is 7.36. The first-order valence-corrected chi connectivity index (χ1v) is 9.36. The molecule has 6 heteroatoms. The van der Waals surface area contributed by atoms with Gasteiger partial charge in [0.05, 0.1) is 19.1 Å². The summed E-state index contributed by atoms with van der Waals surface area (Å²) in [5.74, 6) is 1.33. The molecular weight excluding hydrogens is 366 g/mol. The smallest absolute Gasteiger partial charge is 0.266 e. The number of methoxy groups -OCH3 is 2. The summed E-state index contributed by atoms with van der Waals surface area (Å²) in [4.78, 5) is 15.0. The average Bonchev–Trinajstić information content (AvgIpc) is 2.93. The van der Waals surface area contributed by atoms with Gasteiger partial charge in [0.2, 0.25) is 0 Å². The van der Waals surface area contributed by atoms with E-state index in [9.17, 15) is 4.79 Å². The van der Waals surface area contributed by atoms with E-state index in [1.165, 1.54) is 11.8 Å². The van der Waals surface area contributed by atoms with E-state index >= 15 is 0 Å². The molecule has 0 unspecified atom stereocenters.